The van der Waals surface area contributed by atoms with Crippen molar-refractivity contribution in [3.8, 4) is 0 Å². The van der Waals surface area contributed by atoms with Gasteiger partial charge in [0.25, 0.3) is 0 Å². The quantitative estimate of drug-likeness (QED) is 0.756. The summed E-state index contributed by atoms with van der Waals surface area (Å²) in [6.45, 7) is 6.38. The van der Waals surface area contributed by atoms with Crippen LogP contribution in [0.1, 0.15) is 33.0 Å². The van der Waals surface area contributed by atoms with Gasteiger partial charge in [0.2, 0.25) is 0 Å². The second kappa shape index (κ2) is 4.30. The van der Waals surface area contributed by atoms with Gasteiger partial charge in [-0.15, -0.1) is 11.6 Å². The van der Waals surface area contributed by atoms with Crippen LogP contribution in [0.5, 0.6) is 0 Å². The molecule has 92 valence electrons. The van der Waals surface area contributed by atoms with Crippen molar-refractivity contribution in [3.63, 3.8) is 0 Å². The van der Waals surface area contributed by atoms with Crippen LogP contribution in [0.4, 0.5) is 4.39 Å². The van der Waals surface area contributed by atoms with Crippen molar-refractivity contribution in [2.75, 3.05) is 0 Å². The van der Waals surface area contributed by atoms with Crippen LogP contribution in [-0.2, 0) is 11.4 Å². The Morgan fingerprint density at radius 3 is 2.71 bits per heavy atom. The Balaban J connectivity index is 2.75. The summed E-state index contributed by atoms with van der Waals surface area (Å²) in [4.78, 5) is 4.40. The van der Waals surface area contributed by atoms with Crippen molar-refractivity contribution in [2.45, 2.75) is 38.6 Å². The van der Waals surface area contributed by atoms with Crippen molar-refractivity contribution < 1.29 is 4.39 Å². The average molecular weight is 255 g/mol. The predicted octanol–water partition coefficient (Wildman–Crippen LogP) is 4.06. The highest BCUT2D eigenvalue weighted by Gasteiger charge is 2.23. The van der Waals surface area contributed by atoms with Crippen molar-refractivity contribution in [2.24, 2.45) is 0 Å². The summed E-state index contributed by atoms with van der Waals surface area (Å²) in [6.07, 6.45) is 0.958. The Morgan fingerprint density at radius 2 is 2.12 bits per heavy atom. The third kappa shape index (κ3) is 2.04. The zero-order chi connectivity index (χ0) is 12.6. The standard InChI is InChI=1S/C13H16ClFN2/c1-4-13(2,3)17-11-6-5-9(15)7-10(11)16-12(17)8-14/h5-7H,4,8H2,1-3H3. The highest BCUT2D eigenvalue weighted by atomic mass is 35.5. The molecule has 0 saturated carbocycles. The number of imidazole rings is 1. The van der Waals surface area contributed by atoms with Crippen LogP contribution < -0.4 is 0 Å². The van der Waals surface area contributed by atoms with Gasteiger partial charge in [-0.05, 0) is 32.4 Å². The molecule has 1 aromatic heterocycles. The molecule has 0 saturated heterocycles. The molecule has 2 nitrogen and oxygen atoms in total. The summed E-state index contributed by atoms with van der Waals surface area (Å²) in [7, 11) is 0. The fraction of sp³-hybridized carbons (Fsp3) is 0.462. The summed E-state index contributed by atoms with van der Waals surface area (Å²) in [5, 5.41) is 0. The molecule has 0 bridgehead atoms. The Hall–Kier alpha value is -1.09. The van der Waals surface area contributed by atoms with E-state index in [1.165, 1.54) is 12.1 Å². The monoisotopic (exact) mass is 254 g/mol. The zero-order valence-electron chi connectivity index (χ0n) is 10.3. The molecule has 0 aliphatic heterocycles. The molecule has 2 rings (SSSR count). The number of benzene rings is 1. The van der Waals surface area contributed by atoms with E-state index in [4.69, 9.17) is 11.6 Å². The van der Waals surface area contributed by atoms with Gasteiger partial charge in [-0.2, -0.15) is 0 Å². The molecule has 1 aromatic carbocycles. The SMILES string of the molecule is CCC(C)(C)n1c(CCl)nc2cc(F)ccc21. The maximum Gasteiger partial charge on any atom is 0.125 e. The first-order valence-corrected chi connectivity index (χ1v) is 6.26. The van der Waals surface area contributed by atoms with Crippen molar-refractivity contribution in [1.82, 2.24) is 9.55 Å². The second-order valence-electron chi connectivity index (χ2n) is 4.80. The van der Waals surface area contributed by atoms with Gasteiger partial charge >= 0.3 is 0 Å². The topological polar surface area (TPSA) is 17.8 Å². The minimum atomic E-state index is -0.266. The number of nitrogens with zero attached hydrogens (tertiary/aromatic N) is 2. The molecular weight excluding hydrogens is 239 g/mol. The molecule has 0 amide bonds. The maximum absolute atomic E-state index is 13.2. The lowest BCUT2D eigenvalue weighted by molar-refractivity contribution is 0.344. The molecule has 0 atom stereocenters. The molecule has 0 unspecified atom stereocenters. The van der Waals surface area contributed by atoms with Crippen LogP contribution in [0.3, 0.4) is 0 Å². The molecule has 17 heavy (non-hydrogen) atoms. The van der Waals surface area contributed by atoms with Crippen LogP contribution >= 0.6 is 11.6 Å². The van der Waals surface area contributed by atoms with E-state index in [-0.39, 0.29) is 11.4 Å². The molecule has 0 N–H and O–H groups in total. The maximum atomic E-state index is 13.2. The van der Waals surface area contributed by atoms with Crippen LogP contribution in [0.25, 0.3) is 11.0 Å². The summed E-state index contributed by atoms with van der Waals surface area (Å²) in [5.74, 6) is 0.858. The first-order valence-electron chi connectivity index (χ1n) is 5.73. The van der Waals surface area contributed by atoms with Crippen LogP contribution in [0.2, 0.25) is 0 Å². The highest BCUT2D eigenvalue weighted by molar-refractivity contribution is 6.16. The van der Waals surface area contributed by atoms with Crippen molar-refractivity contribution >= 4 is 22.6 Å². The molecule has 0 spiro atoms. The Kier molecular flexibility index (Phi) is 3.13. The number of alkyl halides is 1. The van der Waals surface area contributed by atoms with Crippen LogP contribution in [0.15, 0.2) is 18.2 Å². The average Bonchev–Trinajstić information content (AvgIpc) is 2.67. The fourth-order valence-electron chi connectivity index (χ4n) is 2.03. The van der Waals surface area contributed by atoms with Gasteiger partial charge in [-0.25, -0.2) is 9.37 Å². The van der Waals surface area contributed by atoms with E-state index >= 15 is 0 Å². The smallest absolute Gasteiger partial charge is 0.125 e. The first-order chi connectivity index (χ1) is 7.99. The van der Waals surface area contributed by atoms with Gasteiger partial charge in [0.15, 0.2) is 0 Å². The number of hydrogen-bond donors (Lipinski definition) is 0. The summed E-state index contributed by atoms with van der Waals surface area (Å²) >= 11 is 5.93. The number of halogens is 2. The molecule has 0 aliphatic carbocycles. The molecule has 0 fully saturated rings. The number of rotatable bonds is 3. The lowest BCUT2D eigenvalue weighted by Gasteiger charge is -2.27. The predicted molar refractivity (Wildman–Crippen MR) is 68.9 cm³/mol. The van der Waals surface area contributed by atoms with E-state index < -0.39 is 0 Å². The van der Waals surface area contributed by atoms with Crippen molar-refractivity contribution in [1.29, 1.82) is 0 Å². The van der Waals surface area contributed by atoms with E-state index in [0.717, 1.165) is 17.8 Å². The fourth-order valence-corrected chi connectivity index (χ4v) is 2.21. The van der Waals surface area contributed by atoms with Gasteiger partial charge in [0.1, 0.15) is 11.6 Å². The van der Waals surface area contributed by atoms with Gasteiger partial charge in [0.05, 0.1) is 16.9 Å². The summed E-state index contributed by atoms with van der Waals surface area (Å²) in [5.41, 5.74) is 1.53. The van der Waals surface area contributed by atoms with E-state index in [1.54, 1.807) is 6.07 Å². The van der Waals surface area contributed by atoms with Crippen LogP contribution in [-0.4, -0.2) is 9.55 Å². The molecule has 2 aromatic rings. The lowest BCUT2D eigenvalue weighted by Crippen LogP contribution is -2.26. The molecule has 0 radical (unpaired) electrons. The zero-order valence-corrected chi connectivity index (χ0v) is 11.1. The van der Waals surface area contributed by atoms with E-state index in [2.05, 4.69) is 30.3 Å². The first kappa shape index (κ1) is 12.4. The van der Waals surface area contributed by atoms with Gasteiger partial charge in [-0.1, -0.05) is 6.92 Å². The second-order valence-corrected chi connectivity index (χ2v) is 5.06. The van der Waals surface area contributed by atoms with E-state index in [0.29, 0.717) is 11.4 Å². The van der Waals surface area contributed by atoms with Gasteiger partial charge in [-0.3, -0.25) is 0 Å². The molecule has 1 heterocycles. The molecule has 0 aliphatic rings. The van der Waals surface area contributed by atoms with Gasteiger partial charge in [0, 0.05) is 11.6 Å². The van der Waals surface area contributed by atoms with Crippen LogP contribution in [0, 0.1) is 5.82 Å². The normalized spacial score (nSPS) is 12.3. The largest absolute Gasteiger partial charge is 0.321 e. The number of aromatic nitrogens is 2. The molecule has 4 heteroatoms. The summed E-state index contributed by atoms with van der Waals surface area (Å²) in [6, 6.07) is 4.68. The van der Waals surface area contributed by atoms with E-state index in [1.807, 2.05) is 0 Å². The van der Waals surface area contributed by atoms with Crippen molar-refractivity contribution in [3.05, 3.63) is 29.8 Å². The minimum Gasteiger partial charge on any atom is -0.321 e. The lowest BCUT2D eigenvalue weighted by atomic mass is 10.0. The Labute approximate surface area is 105 Å². The van der Waals surface area contributed by atoms with E-state index in [9.17, 15) is 4.39 Å². The Morgan fingerprint density at radius 1 is 1.41 bits per heavy atom. The third-order valence-corrected chi connectivity index (χ3v) is 3.52. The number of fused-ring (bicyclic) bond motifs is 1. The van der Waals surface area contributed by atoms with Gasteiger partial charge < -0.3 is 4.57 Å². The third-order valence-electron chi connectivity index (χ3n) is 3.28. The Bertz CT molecular complexity index is 546. The highest BCUT2D eigenvalue weighted by Crippen LogP contribution is 2.28. The molecular formula is C13H16ClFN2. The minimum absolute atomic E-state index is 0.0726. The summed E-state index contributed by atoms with van der Waals surface area (Å²) < 4.78 is 15.3. The number of hydrogen-bond acceptors (Lipinski definition) is 1.